The molecule has 4 heteroatoms. The summed E-state index contributed by atoms with van der Waals surface area (Å²) < 4.78 is 0. The van der Waals surface area contributed by atoms with Crippen LogP contribution in [0, 0.1) is 0 Å². The molecule has 0 aliphatic rings. The lowest BCUT2D eigenvalue weighted by atomic mass is 10.9. The van der Waals surface area contributed by atoms with Crippen LogP contribution in [0.2, 0.25) is 0 Å². The first-order chi connectivity index (χ1) is 1.73. The van der Waals surface area contributed by atoms with E-state index in [-0.39, 0.29) is 40.4 Å². The minimum Gasteiger partial charge on any atom is -0.481 e. The van der Waals surface area contributed by atoms with Gasteiger partial charge in [0.05, 0.1) is 0 Å². The minimum atomic E-state index is -0.833. The summed E-state index contributed by atoms with van der Waals surface area (Å²) in [6.45, 7) is 1.08. The summed E-state index contributed by atoms with van der Waals surface area (Å²) >= 11 is 0. The van der Waals surface area contributed by atoms with Gasteiger partial charge in [-0.2, -0.15) is 0 Å². The van der Waals surface area contributed by atoms with Crippen LogP contribution < -0.4 is 0 Å². The van der Waals surface area contributed by atoms with Gasteiger partial charge < -0.3 is 5.11 Å². The lowest BCUT2D eigenvalue weighted by Crippen LogP contribution is -1.78. The number of carboxylic acids is 1. The van der Waals surface area contributed by atoms with E-state index >= 15 is 0 Å². The molecular formula is C2H9AlMgO2. The topological polar surface area (TPSA) is 37.3 Å². The highest BCUT2D eigenvalue weighted by atomic mass is 27.0. The van der Waals surface area contributed by atoms with E-state index in [1.807, 2.05) is 0 Å². The molecule has 34 valence electrons. The molecule has 0 aliphatic heterocycles. The Hall–Kier alpha value is 0.769. The highest BCUT2D eigenvalue weighted by Crippen LogP contribution is 1.42. The smallest absolute Gasteiger partial charge is 0.316 e. The van der Waals surface area contributed by atoms with Crippen LogP contribution in [0.3, 0.4) is 0 Å². The van der Waals surface area contributed by atoms with Gasteiger partial charge in [0, 0.05) is 6.92 Å². The van der Waals surface area contributed by atoms with Crippen LogP contribution in [0.1, 0.15) is 6.92 Å². The van der Waals surface area contributed by atoms with Crippen molar-refractivity contribution in [2.24, 2.45) is 0 Å². The molecule has 0 spiro atoms. The molecule has 0 atom stereocenters. The molecule has 2 nitrogen and oxygen atoms in total. The van der Waals surface area contributed by atoms with E-state index in [1.54, 1.807) is 0 Å². The molecule has 0 heterocycles. The third kappa shape index (κ3) is 115. The van der Waals surface area contributed by atoms with E-state index in [4.69, 9.17) is 9.90 Å². The van der Waals surface area contributed by atoms with Crippen LogP contribution >= 0.6 is 0 Å². The monoisotopic (exact) mass is 116 g/mol. The van der Waals surface area contributed by atoms with Crippen molar-refractivity contribution in [2.45, 2.75) is 6.92 Å². The van der Waals surface area contributed by atoms with Gasteiger partial charge in [0.25, 0.3) is 5.97 Å². The summed E-state index contributed by atoms with van der Waals surface area (Å²) in [6.07, 6.45) is 0. The molecular weight excluding hydrogens is 107 g/mol. The van der Waals surface area contributed by atoms with Crippen LogP contribution in [0.15, 0.2) is 0 Å². The Morgan fingerprint density at radius 1 is 1.67 bits per heavy atom. The van der Waals surface area contributed by atoms with E-state index in [2.05, 4.69) is 0 Å². The average Bonchev–Trinajstić information content (AvgIpc) is 0.811. The van der Waals surface area contributed by atoms with Gasteiger partial charge in [-0.1, -0.05) is 0 Å². The van der Waals surface area contributed by atoms with E-state index < -0.39 is 5.97 Å². The van der Waals surface area contributed by atoms with Gasteiger partial charge in [-0.15, -0.1) is 0 Å². The maximum absolute atomic E-state index is 9.00. The first-order valence-electron chi connectivity index (χ1n) is 0.928. The summed E-state index contributed by atoms with van der Waals surface area (Å²) in [5, 5.41) is 7.42. The number of carboxylic acid groups (broad SMARTS) is 1. The van der Waals surface area contributed by atoms with Gasteiger partial charge in [0.1, 0.15) is 0 Å². The van der Waals surface area contributed by atoms with E-state index in [9.17, 15) is 0 Å². The van der Waals surface area contributed by atoms with E-state index in [0.29, 0.717) is 0 Å². The molecule has 6 heavy (non-hydrogen) atoms. The number of rotatable bonds is 0. The van der Waals surface area contributed by atoms with Crippen molar-refractivity contribution in [1.82, 2.24) is 0 Å². The average molecular weight is 116 g/mol. The first kappa shape index (κ1) is 15.9. The van der Waals surface area contributed by atoms with Gasteiger partial charge in [-0.05, 0) is 0 Å². The molecule has 0 radical (unpaired) electrons. The standard InChI is InChI=1S/C2H4O2.Al.Mg.5H/c1-2(3)4;;;;;;;/h1H3,(H,3,4);;;;;;;. The van der Waals surface area contributed by atoms with Crippen LogP contribution in [-0.2, 0) is 4.79 Å². The third-order valence-electron chi connectivity index (χ3n) is 0. The van der Waals surface area contributed by atoms with Crippen LogP contribution in [0.25, 0.3) is 0 Å². The van der Waals surface area contributed by atoms with Crippen LogP contribution in [0.5, 0.6) is 0 Å². The highest BCUT2D eigenvalue weighted by Gasteiger charge is 1.65. The molecule has 0 aromatic heterocycles. The van der Waals surface area contributed by atoms with Crippen molar-refractivity contribution in [3.63, 3.8) is 0 Å². The van der Waals surface area contributed by atoms with Gasteiger partial charge in [0.2, 0.25) is 0 Å². The summed E-state index contributed by atoms with van der Waals surface area (Å²) in [5.41, 5.74) is 0. The summed E-state index contributed by atoms with van der Waals surface area (Å²) in [7, 11) is 0. The molecule has 0 aromatic carbocycles. The number of carbonyl (C=O) groups is 1. The number of hydrogen-bond donors (Lipinski definition) is 1. The SMILES string of the molecule is CC(=O)O.[AlH3].[MgH2]. The quantitative estimate of drug-likeness (QED) is 0.372. The van der Waals surface area contributed by atoms with Gasteiger partial charge in [-0.3, -0.25) is 4.79 Å². The van der Waals surface area contributed by atoms with E-state index in [1.165, 1.54) is 0 Å². The van der Waals surface area contributed by atoms with E-state index in [0.717, 1.165) is 6.92 Å². The molecule has 0 amide bonds. The molecule has 0 saturated heterocycles. The third-order valence-corrected chi connectivity index (χ3v) is 0. The Morgan fingerprint density at radius 3 is 1.67 bits per heavy atom. The Bertz CT molecular complexity index is 34.5. The second kappa shape index (κ2) is 9.24. The highest BCUT2D eigenvalue weighted by molar-refractivity contribution is 5.76. The molecule has 0 rings (SSSR count). The fourth-order valence-electron chi connectivity index (χ4n) is 0. The van der Waals surface area contributed by atoms with Crippen molar-refractivity contribution in [3.8, 4) is 0 Å². The van der Waals surface area contributed by atoms with Crippen molar-refractivity contribution in [1.29, 1.82) is 0 Å². The molecule has 0 bridgehead atoms. The lowest BCUT2D eigenvalue weighted by molar-refractivity contribution is -0.134. The molecule has 0 aromatic rings. The van der Waals surface area contributed by atoms with Crippen LogP contribution in [0.4, 0.5) is 0 Å². The molecule has 0 fully saturated rings. The van der Waals surface area contributed by atoms with Crippen molar-refractivity contribution < 1.29 is 9.90 Å². The Labute approximate surface area is 63.2 Å². The number of hydrogen-bond acceptors (Lipinski definition) is 1. The van der Waals surface area contributed by atoms with Crippen molar-refractivity contribution >= 4 is 46.4 Å². The second-order valence-corrected chi connectivity index (χ2v) is 0.519. The zero-order valence-corrected chi connectivity index (χ0v) is 2.36. The maximum atomic E-state index is 9.00. The first-order valence-corrected chi connectivity index (χ1v) is 0.928. The minimum absolute atomic E-state index is 0. The zero-order chi connectivity index (χ0) is 3.58. The Kier molecular flexibility index (Phi) is 24.4. The second-order valence-electron chi connectivity index (χ2n) is 0.519. The van der Waals surface area contributed by atoms with Gasteiger partial charge in [0.15, 0.2) is 17.4 Å². The summed E-state index contributed by atoms with van der Waals surface area (Å²) in [6, 6.07) is 0. The normalized spacial score (nSPS) is 4.17. The predicted molar refractivity (Wildman–Crippen MR) is 31.8 cm³/mol. The fraction of sp³-hybridized carbons (Fsp3) is 0.500. The Morgan fingerprint density at radius 2 is 1.67 bits per heavy atom. The van der Waals surface area contributed by atoms with Gasteiger partial charge >= 0.3 is 23.1 Å². The van der Waals surface area contributed by atoms with Gasteiger partial charge in [-0.25, -0.2) is 0 Å². The van der Waals surface area contributed by atoms with Crippen molar-refractivity contribution in [3.05, 3.63) is 0 Å². The largest absolute Gasteiger partial charge is 0.481 e. The molecule has 0 aliphatic carbocycles. The number of aliphatic carboxylic acids is 1. The Balaban J connectivity index is -0.0000000450. The lowest BCUT2D eigenvalue weighted by Gasteiger charge is -1.59. The molecule has 1 N–H and O–H groups in total. The maximum Gasteiger partial charge on any atom is 0.316 e. The molecule has 0 unspecified atom stereocenters. The predicted octanol–water partition coefficient (Wildman–Crippen LogP) is -2.01. The summed E-state index contributed by atoms with van der Waals surface area (Å²) in [5.74, 6) is -0.833. The van der Waals surface area contributed by atoms with Crippen LogP contribution in [-0.4, -0.2) is 51.5 Å². The summed E-state index contributed by atoms with van der Waals surface area (Å²) in [4.78, 5) is 9.00. The zero-order valence-electron chi connectivity index (χ0n) is 2.36. The van der Waals surface area contributed by atoms with Crippen molar-refractivity contribution in [2.75, 3.05) is 0 Å². The molecule has 0 saturated carbocycles. The fourth-order valence-corrected chi connectivity index (χ4v) is 0.